The first-order valence-electron chi connectivity index (χ1n) is 11.1. The summed E-state index contributed by atoms with van der Waals surface area (Å²) >= 11 is 0. The number of ether oxygens (including phenoxy) is 3. The number of rotatable bonds is 7. The number of allylic oxidation sites excluding steroid dienone is 1. The van der Waals surface area contributed by atoms with Crippen molar-refractivity contribution in [3.05, 3.63) is 41.0 Å². The molecule has 200 valence electrons. The first-order valence-corrected chi connectivity index (χ1v) is 12.6. The molecule has 14 heteroatoms. The normalized spacial score (nSPS) is 26.6. The van der Waals surface area contributed by atoms with Gasteiger partial charge in [0, 0.05) is 11.6 Å². The van der Waals surface area contributed by atoms with Gasteiger partial charge in [0.15, 0.2) is 6.61 Å². The average Bonchev–Trinajstić information content (AvgIpc) is 3.44. The Kier molecular flexibility index (Phi) is 6.84. The number of hydrogen-bond donors (Lipinski definition) is 2. The zero-order chi connectivity index (χ0) is 27.3. The second-order valence-electron chi connectivity index (χ2n) is 9.04. The summed E-state index contributed by atoms with van der Waals surface area (Å²) < 4.78 is 72.3. The number of nitrogens with one attached hydrogen (secondary N) is 1. The van der Waals surface area contributed by atoms with Gasteiger partial charge in [0.2, 0.25) is 0 Å². The Bertz CT molecular complexity index is 1310. The summed E-state index contributed by atoms with van der Waals surface area (Å²) in [6.45, 7) is -0.153. The van der Waals surface area contributed by atoms with Gasteiger partial charge >= 0.3 is 33.3 Å². The molecule has 0 aromatic heterocycles. The summed E-state index contributed by atoms with van der Waals surface area (Å²) in [7, 11) is -3.43. The molecule has 37 heavy (non-hydrogen) atoms. The van der Waals surface area contributed by atoms with Gasteiger partial charge in [0.05, 0.1) is 37.3 Å². The fourth-order valence-electron chi connectivity index (χ4n) is 5.60. The zero-order valence-electron chi connectivity index (χ0n) is 19.9. The van der Waals surface area contributed by atoms with Crippen LogP contribution in [0.5, 0.6) is 0 Å². The monoisotopic (exact) mass is 542 g/mol. The molecule has 1 aromatic carbocycles. The molecule has 1 heterocycles. The maximum Gasteiger partial charge on any atom is 0.402 e. The van der Waals surface area contributed by atoms with E-state index in [-0.39, 0.29) is 5.92 Å². The highest BCUT2D eigenvalue weighted by Gasteiger charge is 2.63. The number of carbonyl (C=O) groups excluding carboxylic acids is 3. The lowest BCUT2D eigenvalue weighted by atomic mass is 9.68. The van der Waals surface area contributed by atoms with Crippen molar-refractivity contribution in [3.63, 3.8) is 0 Å². The second-order valence-corrected chi connectivity index (χ2v) is 10.6. The summed E-state index contributed by atoms with van der Waals surface area (Å²) in [6.07, 6.45) is 0.326. The third-order valence-corrected chi connectivity index (χ3v) is 8.03. The van der Waals surface area contributed by atoms with Crippen molar-refractivity contribution in [2.24, 2.45) is 34.7 Å². The number of halogens is 2. The van der Waals surface area contributed by atoms with E-state index >= 15 is 0 Å². The Morgan fingerprint density at radius 2 is 1.76 bits per heavy atom. The third kappa shape index (κ3) is 4.48. The maximum absolute atomic E-state index is 13.7. The molecule has 0 saturated heterocycles. The molecule has 1 aliphatic heterocycles. The van der Waals surface area contributed by atoms with E-state index in [0.29, 0.717) is 34.5 Å². The van der Waals surface area contributed by atoms with Crippen LogP contribution in [0.15, 0.2) is 34.9 Å². The van der Waals surface area contributed by atoms with Crippen molar-refractivity contribution in [1.29, 1.82) is 0 Å². The van der Waals surface area contributed by atoms with Crippen LogP contribution >= 0.6 is 0 Å². The summed E-state index contributed by atoms with van der Waals surface area (Å²) in [5, 5.41) is -0.354. The number of hydrazone groups is 1. The van der Waals surface area contributed by atoms with Gasteiger partial charge < -0.3 is 14.2 Å². The largest absolute Gasteiger partial charge is 0.469 e. The number of nitrogens with zero attached hydrogens (tertiary/aromatic N) is 1. The molecule has 2 N–H and O–H groups in total. The summed E-state index contributed by atoms with van der Waals surface area (Å²) in [4.78, 5) is 37.5. The zero-order valence-corrected chi connectivity index (χ0v) is 20.8. The summed E-state index contributed by atoms with van der Waals surface area (Å²) in [6, 6.07) is 6.39. The van der Waals surface area contributed by atoms with Crippen LogP contribution in [0.25, 0.3) is 5.70 Å². The third-order valence-electron chi connectivity index (χ3n) is 7.15. The summed E-state index contributed by atoms with van der Waals surface area (Å²) in [5.74, 6) is -6.20. The lowest BCUT2D eigenvalue weighted by Crippen LogP contribution is -2.45. The molecule has 2 fully saturated rings. The van der Waals surface area contributed by atoms with Crippen LogP contribution in [0.3, 0.4) is 0 Å². The lowest BCUT2D eigenvalue weighted by Gasteiger charge is -2.38. The standard InChI is InChI=1S/C23H24F2N2O9S/c1-10-15-13-8-14(16(15)19(27-26-10)11-4-6-12(7-5-11)20(28)34-2)18(17(13)21(29)35-3)22(30)36-9-23(24,25)37(31,32)33/h4-7,13-15,17-18,27H,8-9H2,1-3H3,(H,31,32,33). The maximum atomic E-state index is 13.7. The number of hydrogen-bond acceptors (Lipinski definition) is 10. The van der Waals surface area contributed by atoms with E-state index in [9.17, 15) is 31.6 Å². The molecule has 2 aliphatic carbocycles. The molecule has 0 amide bonds. The molecule has 11 nitrogen and oxygen atoms in total. The topological polar surface area (TPSA) is 158 Å². The van der Waals surface area contributed by atoms with E-state index in [1.165, 1.54) is 7.11 Å². The molecular weight excluding hydrogens is 518 g/mol. The Morgan fingerprint density at radius 3 is 2.32 bits per heavy atom. The quantitative estimate of drug-likeness (QED) is 0.296. The molecule has 2 saturated carbocycles. The van der Waals surface area contributed by atoms with E-state index < -0.39 is 63.6 Å². The molecule has 3 aliphatic rings. The van der Waals surface area contributed by atoms with Crippen molar-refractivity contribution in [3.8, 4) is 0 Å². The highest BCUT2D eigenvalue weighted by Crippen LogP contribution is 2.61. The molecule has 1 aromatic rings. The Balaban J connectivity index is 1.72. The highest BCUT2D eigenvalue weighted by atomic mass is 32.2. The van der Waals surface area contributed by atoms with Crippen LogP contribution in [0, 0.1) is 29.6 Å². The molecule has 0 radical (unpaired) electrons. The van der Waals surface area contributed by atoms with Gasteiger partial charge in [-0.15, -0.1) is 0 Å². The van der Waals surface area contributed by atoms with Crippen LogP contribution in [-0.4, -0.2) is 62.7 Å². The molecular formula is C23H24F2N2O9S. The Hall–Kier alpha value is -3.39. The minimum absolute atomic E-state index is 0.309. The minimum atomic E-state index is -5.82. The number of methoxy groups -OCH3 is 2. The van der Waals surface area contributed by atoms with Gasteiger partial charge in [0.1, 0.15) is 0 Å². The van der Waals surface area contributed by atoms with Crippen LogP contribution in [-0.2, 0) is 33.9 Å². The fraction of sp³-hybridized carbons (Fsp3) is 0.478. The van der Waals surface area contributed by atoms with Crippen LogP contribution < -0.4 is 5.43 Å². The number of carbonyl (C=O) groups is 3. The van der Waals surface area contributed by atoms with Gasteiger partial charge in [-0.1, -0.05) is 12.1 Å². The number of alkyl halides is 2. The van der Waals surface area contributed by atoms with E-state index in [1.54, 1.807) is 31.2 Å². The number of esters is 3. The van der Waals surface area contributed by atoms with Crippen molar-refractivity contribution < 1.29 is 50.3 Å². The fourth-order valence-corrected chi connectivity index (χ4v) is 5.81. The second kappa shape index (κ2) is 9.49. The van der Waals surface area contributed by atoms with Gasteiger partial charge in [0.25, 0.3) is 0 Å². The molecule has 5 unspecified atom stereocenters. The van der Waals surface area contributed by atoms with Crippen LogP contribution in [0.1, 0.15) is 29.3 Å². The van der Waals surface area contributed by atoms with Crippen molar-refractivity contribution in [2.45, 2.75) is 18.6 Å². The predicted octanol–water partition coefficient (Wildman–Crippen LogP) is 1.86. The first-order chi connectivity index (χ1) is 17.3. The van der Waals surface area contributed by atoms with Gasteiger partial charge in [-0.3, -0.25) is 19.6 Å². The molecule has 2 bridgehead atoms. The Morgan fingerprint density at radius 1 is 1.11 bits per heavy atom. The van der Waals surface area contributed by atoms with Crippen LogP contribution in [0.4, 0.5) is 8.78 Å². The van der Waals surface area contributed by atoms with Crippen molar-refractivity contribution >= 4 is 39.4 Å². The molecule has 0 spiro atoms. The predicted molar refractivity (Wildman–Crippen MR) is 122 cm³/mol. The Labute approximate surface area is 210 Å². The van der Waals surface area contributed by atoms with Gasteiger partial charge in [-0.05, 0) is 48.4 Å². The van der Waals surface area contributed by atoms with E-state index in [0.717, 1.165) is 7.11 Å². The minimum Gasteiger partial charge on any atom is -0.469 e. The molecule has 4 rings (SSSR count). The SMILES string of the molecule is COC(=O)c1ccc(C2=C3C4CC(C3C(C)=NN2)C(C(=O)OC)C4C(=O)OCC(F)(F)S(=O)(=O)O)cc1. The van der Waals surface area contributed by atoms with Gasteiger partial charge in [-0.25, -0.2) is 4.79 Å². The van der Waals surface area contributed by atoms with E-state index in [4.69, 9.17) is 14.0 Å². The lowest BCUT2D eigenvalue weighted by molar-refractivity contribution is -0.164. The van der Waals surface area contributed by atoms with Crippen molar-refractivity contribution in [1.82, 2.24) is 5.43 Å². The van der Waals surface area contributed by atoms with Crippen molar-refractivity contribution in [2.75, 3.05) is 20.8 Å². The summed E-state index contributed by atoms with van der Waals surface area (Å²) in [5.41, 5.74) is 5.77. The first kappa shape index (κ1) is 26.7. The van der Waals surface area contributed by atoms with E-state index in [1.807, 2.05) is 0 Å². The van der Waals surface area contributed by atoms with Crippen LogP contribution in [0.2, 0.25) is 0 Å². The smallest absolute Gasteiger partial charge is 0.402 e. The van der Waals surface area contributed by atoms with E-state index in [2.05, 4.69) is 15.3 Å². The molecule has 5 atom stereocenters. The highest BCUT2D eigenvalue weighted by molar-refractivity contribution is 7.86. The number of fused-ring (bicyclic) bond motifs is 5. The average molecular weight is 543 g/mol. The number of benzene rings is 1. The van der Waals surface area contributed by atoms with Gasteiger partial charge in [-0.2, -0.15) is 22.3 Å².